The Morgan fingerprint density at radius 3 is 2.59 bits per heavy atom. The number of aromatic nitrogens is 3. The van der Waals surface area contributed by atoms with E-state index in [4.69, 9.17) is 5.10 Å². The van der Waals surface area contributed by atoms with Gasteiger partial charge in [0.1, 0.15) is 5.69 Å². The van der Waals surface area contributed by atoms with Crippen molar-refractivity contribution < 1.29 is 9.59 Å². The van der Waals surface area contributed by atoms with E-state index in [2.05, 4.69) is 22.4 Å². The lowest BCUT2D eigenvalue weighted by Crippen LogP contribution is -2.42. The molecule has 2 aromatic heterocycles. The zero-order chi connectivity index (χ0) is 22.1. The summed E-state index contributed by atoms with van der Waals surface area (Å²) in [7, 11) is 1.96. The Kier molecular flexibility index (Phi) is 5.25. The van der Waals surface area contributed by atoms with E-state index in [0.29, 0.717) is 25.2 Å². The maximum atomic E-state index is 13.5. The second-order valence-corrected chi connectivity index (χ2v) is 8.64. The highest BCUT2D eigenvalue weighted by Gasteiger charge is 2.53. The van der Waals surface area contributed by atoms with Gasteiger partial charge in [0, 0.05) is 57.0 Å². The van der Waals surface area contributed by atoms with Crippen molar-refractivity contribution in [2.24, 2.45) is 7.05 Å². The smallest absolute Gasteiger partial charge is 0.269 e. The van der Waals surface area contributed by atoms with Gasteiger partial charge in [-0.15, -0.1) is 0 Å². The number of carbonyl (C=O) groups is 2. The number of nitrogens with zero attached hydrogens (tertiary/aromatic N) is 4. The molecule has 2 aliphatic rings. The summed E-state index contributed by atoms with van der Waals surface area (Å²) in [5, 5.41) is 7.63. The molecule has 0 bridgehead atoms. The molecule has 0 unspecified atom stereocenters. The molecule has 0 atom stereocenters. The molecule has 0 radical (unpaired) electrons. The highest BCUT2D eigenvalue weighted by Crippen LogP contribution is 2.50. The third kappa shape index (κ3) is 3.68. The largest absolute Gasteiger partial charge is 0.350 e. The molecule has 5 rings (SSSR count). The topological polar surface area (TPSA) is 80.1 Å². The van der Waals surface area contributed by atoms with Gasteiger partial charge in [-0.25, -0.2) is 0 Å². The van der Waals surface area contributed by atoms with Crippen molar-refractivity contribution >= 4 is 11.8 Å². The van der Waals surface area contributed by atoms with Crippen LogP contribution in [-0.2, 0) is 36.6 Å². The number of fused-ring (bicyclic) bond motifs is 1. The maximum absolute atomic E-state index is 13.5. The Morgan fingerprint density at radius 2 is 1.88 bits per heavy atom. The number of amides is 2. The molecular formula is C25H27N5O2. The van der Waals surface area contributed by atoms with Crippen LogP contribution >= 0.6 is 0 Å². The number of nitrogens with one attached hydrogen (secondary N) is 1. The predicted octanol–water partition coefficient (Wildman–Crippen LogP) is 2.40. The van der Waals surface area contributed by atoms with Gasteiger partial charge >= 0.3 is 0 Å². The third-order valence-corrected chi connectivity index (χ3v) is 6.64. The molecule has 1 saturated carbocycles. The van der Waals surface area contributed by atoms with Crippen molar-refractivity contribution in [3.05, 3.63) is 82.9 Å². The quantitative estimate of drug-likeness (QED) is 0.653. The minimum atomic E-state index is -0.349. The highest BCUT2D eigenvalue weighted by atomic mass is 16.2. The van der Waals surface area contributed by atoms with Crippen LogP contribution in [-0.4, -0.2) is 44.6 Å². The summed E-state index contributed by atoms with van der Waals surface area (Å²) in [4.78, 5) is 31.9. The van der Waals surface area contributed by atoms with Crippen molar-refractivity contribution in [2.75, 3.05) is 13.1 Å². The van der Waals surface area contributed by atoms with Gasteiger partial charge in [-0.05, 0) is 30.5 Å². The maximum Gasteiger partial charge on any atom is 0.269 e. The minimum Gasteiger partial charge on any atom is -0.350 e. The summed E-state index contributed by atoms with van der Waals surface area (Å²) in [5.41, 5.74) is 4.44. The van der Waals surface area contributed by atoms with E-state index in [9.17, 15) is 9.59 Å². The van der Waals surface area contributed by atoms with Crippen LogP contribution in [0.1, 0.15) is 45.8 Å². The Balaban J connectivity index is 1.27. The summed E-state index contributed by atoms with van der Waals surface area (Å²) in [5.74, 6) is 0.0401. The first-order valence-electron chi connectivity index (χ1n) is 11.2. The number of benzene rings is 1. The molecule has 1 N–H and O–H groups in total. The lowest BCUT2D eigenvalue weighted by atomic mass is 9.93. The molecular weight excluding hydrogens is 402 g/mol. The third-order valence-electron chi connectivity index (χ3n) is 6.64. The zero-order valence-corrected chi connectivity index (χ0v) is 18.3. The van der Waals surface area contributed by atoms with Crippen LogP contribution in [0, 0.1) is 0 Å². The Labute approximate surface area is 187 Å². The molecule has 1 aliphatic carbocycles. The zero-order valence-electron chi connectivity index (χ0n) is 18.3. The van der Waals surface area contributed by atoms with Crippen molar-refractivity contribution in [1.82, 2.24) is 25.0 Å². The molecule has 1 aromatic carbocycles. The Morgan fingerprint density at radius 1 is 1.09 bits per heavy atom. The molecule has 3 aromatic rings. The van der Waals surface area contributed by atoms with E-state index >= 15 is 0 Å². The van der Waals surface area contributed by atoms with Crippen LogP contribution in [0.15, 0.2) is 54.7 Å². The van der Waals surface area contributed by atoms with Crippen LogP contribution in [0.2, 0.25) is 0 Å². The summed E-state index contributed by atoms with van der Waals surface area (Å²) in [6.45, 7) is 1.77. The molecule has 0 spiro atoms. The molecule has 2 amide bonds. The number of rotatable bonds is 6. The van der Waals surface area contributed by atoms with Crippen molar-refractivity contribution in [3.63, 3.8) is 0 Å². The fourth-order valence-corrected chi connectivity index (χ4v) is 4.74. The van der Waals surface area contributed by atoms with Crippen molar-refractivity contribution in [2.45, 2.75) is 37.6 Å². The number of hydrogen-bond acceptors (Lipinski definition) is 4. The number of pyridine rings is 1. The summed E-state index contributed by atoms with van der Waals surface area (Å²) in [6, 6.07) is 15.4. The fourth-order valence-electron chi connectivity index (χ4n) is 4.74. The second kappa shape index (κ2) is 8.22. The average Bonchev–Trinajstić information content (AvgIpc) is 3.60. The summed E-state index contributed by atoms with van der Waals surface area (Å²) in [6.07, 6.45) is 4.86. The Hall–Kier alpha value is -3.48. The van der Waals surface area contributed by atoms with E-state index in [-0.39, 0.29) is 17.2 Å². The molecule has 7 heteroatoms. The molecule has 3 heterocycles. The van der Waals surface area contributed by atoms with Gasteiger partial charge in [0.2, 0.25) is 5.91 Å². The summed E-state index contributed by atoms with van der Waals surface area (Å²) >= 11 is 0. The highest BCUT2D eigenvalue weighted by molar-refractivity contribution is 5.92. The fraction of sp³-hybridized carbons (Fsp3) is 0.360. The molecule has 7 nitrogen and oxygen atoms in total. The van der Waals surface area contributed by atoms with Crippen LogP contribution < -0.4 is 5.32 Å². The molecule has 32 heavy (non-hydrogen) atoms. The first-order valence-corrected chi connectivity index (χ1v) is 11.2. The molecule has 164 valence electrons. The van der Waals surface area contributed by atoms with E-state index < -0.39 is 0 Å². The number of aryl methyl sites for hydroxylation is 1. The SMILES string of the molecule is Cn1nc(CCNC(=O)c2ccccn2)c2c1CCN(C(=O)C1(c3ccccc3)CC1)C2. The monoisotopic (exact) mass is 429 g/mol. The van der Waals surface area contributed by atoms with Gasteiger partial charge in [-0.3, -0.25) is 19.3 Å². The van der Waals surface area contributed by atoms with E-state index in [1.165, 1.54) is 5.69 Å². The lowest BCUT2D eigenvalue weighted by molar-refractivity contribution is -0.135. The van der Waals surface area contributed by atoms with Gasteiger partial charge in [0.15, 0.2) is 0 Å². The lowest BCUT2D eigenvalue weighted by Gasteiger charge is -2.31. The average molecular weight is 430 g/mol. The normalized spacial score (nSPS) is 16.3. The first-order chi connectivity index (χ1) is 15.6. The summed E-state index contributed by atoms with van der Waals surface area (Å²) < 4.78 is 1.93. The van der Waals surface area contributed by atoms with E-state index in [0.717, 1.165) is 42.6 Å². The van der Waals surface area contributed by atoms with Crippen LogP contribution in [0.25, 0.3) is 0 Å². The van der Waals surface area contributed by atoms with Crippen LogP contribution in [0.3, 0.4) is 0 Å². The Bertz CT molecular complexity index is 1140. The second-order valence-electron chi connectivity index (χ2n) is 8.64. The van der Waals surface area contributed by atoms with Gasteiger partial charge in [-0.2, -0.15) is 5.10 Å². The van der Waals surface area contributed by atoms with Crippen molar-refractivity contribution in [1.29, 1.82) is 0 Å². The molecule has 0 saturated heterocycles. The predicted molar refractivity (Wildman–Crippen MR) is 120 cm³/mol. The van der Waals surface area contributed by atoms with E-state index in [1.807, 2.05) is 34.8 Å². The van der Waals surface area contributed by atoms with Gasteiger partial charge in [0.25, 0.3) is 5.91 Å². The molecule has 1 fully saturated rings. The minimum absolute atomic E-state index is 0.189. The molecule has 1 aliphatic heterocycles. The first kappa shape index (κ1) is 20.4. The number of hydrogen-bond donors (Lipinski definition) is 1. The van der Waals surface area contributed by atoms with Gasteiger partial charge in [-0.1, -0.05) is 36.4 Å². The van der Waals surface area contributed by atoms with Crippen LogP contribution in [0.4, 0.5) is 0 Å². The standard InChI is InChI=1S/C25H27N5O2/c1-29-22-11-16-30(24(32)25(12-13-25)18-7-3-2-4-8-18)17-19(22)20(28-29)10-15-27-23(31)21-9-5-6-14-26-21/h2-9,14H,10-13,15-17H2,1H3,(H,27,31). The van der Waals surface area contributed by atoms with Crippen LogP contribution in [0.5, 0.6) is 0 Å². The van der Waals surface area contributed by atoms with E-state index in [1.54, 1.807) is 24.4 Å². The number of carbonyl (C=O) groups excluding carboxylic acids is 2. The van der Waals surface area contributed by atoms with Gasteiger partial charge in [0.05, 0.1) is 11.1 Å². The van der Waals surface area contributed by atoms with Crippen molar-refractivity contribution in [3.8, 4) is 0 Å². The van der Waals surface area contributed by atoms with Gasteiger partial charge < -0.3 is 10.2 Å².